The molecule has 66 valence electrons. The standard InChI is InChI=1S/C11H17N/c1-2-4-6-8-10-12-11-9-7-5-3-1/h2,4-5,7,10H,1,3,6,8-9,11H2. The fourth-order valence-electron chi connectivity index (χ4n) is 1.17. The van der Waals surface area contributed by atoms with E-state index in [0.717, 1.165) is 25.8 Å². The van der Waals surface area contributed by atoms with Crippen LogP contribution in [0.1, 0.15) is 32.1 Å². The molecule has 12 heavy (non-hydrogen) atoms. The van der Waals surface area contributed by atoms with Crippen molar-refractivity contribution in [3.8, 4) is 0 Å². The fourth-order valence-corrected chi connectivity index (χ4v) is 1.17. The summed E-state index contributed by atoms with van der Waals surface area (Å²) >= 11 is 0. The van der Waals surface area contributed by atoms with Crippen LogP contribution in [0, 0.1) is 0 Å². The molecule has 0 aromatic rings. The molecule has 1 heterocycles. The molecule has 0 aliphatic carbocycles. The maximum absolute atomic E-state index is 4.29. The Morgan fingerprint density at radius 2 is 1.25 bits per heavy atom. The highest BCUT2D eigenvalue weighted by Gasteiger charge is 1.82. The minimum Gasteiger partial charge on any atom is -0.297 e. The van der Waals surface area contributed by atoms with E-state index in [0.29, 0.717) is 0 Å². The van der Waals surface area contributed by atoms with E-state index in [1.165, 1.54) is 12.8 Å². The third-order valence-corrected chi connectivity index (χ3v) is 1.85. The summed E-state index contributed by atoms with van der Waals surface area (Å²) in [6.07, 6.45) is 16.7. The van der Waals surface area contributed by atoms with Gasteiger partial charge in [-0.15, -0.1) is 0 Å². The summed E-state index contributed by atoms with van der Waals surface area (Å²) in [6, 6.07) is 0. The molecule has 0 radical (unpaired) electrons. The van der Waals surface area contributed by atoms with Crippen LogP contribution in [0.5, 0.6) is 0 Å². The predicted molar refractivity (Wildman–Crippen MR) is 54.7 cm³/mol. The SMILES string of the molecule is C1=CCCC=NCCC=CCC1. The molecule has 0 atom stereocenters. The van der Waals surface area contributed by atoms with Gasteiger partial charge in [-0.2, -0.15) is 0 Å². The van der Waals surface area contributed by atoms with E-state index in [2.05, 4.69) is 29.3 Å². The second kappa shape index (κ2) is 6.84. The Kier molecular flexibility index (Phi) is 5.26. The molecule has 1 rings (SSSR count). The Bertz CT molecular complexity index is 126. The first-order valence-electron chi connectivity index (χ1n) is 4.78. The predicted octanol–water partition coefficient (Wildman–Crippen LogP) is 3.13. The van der Waals surface area contributed by atoms with Crippen molar-refractivity contribution in [1.29, 1.82) is 0 Å². The summed E-state index contributed by atoms with van der Waals surface area (Å²) in [5.74, 6) is 0. The first-order chi connectivity index (χ1) is 6.00. The van der Waals surface area contributed by atoms with E-state index in [4.69, 9.17) is 0 Å². The molecular formula is C11H17N. The van der Waals surface area contributed by atoms with Crippen LogP contribution in [0.3, 0.4) is 0 Å². The van der Waals surface area contributed by atoms with Gasteiger partial charge >= 0.3 is 0 Å². The van der Waals surface area contributed by atoms with Gasteiger partial charge in [-0.3, -0.25) is 4.99 Å². The lowest BCUT2D eigenvalue weighted by molar-refractivity contribution is 0.961. The summed E-state index contributed by atoms with van der Waals surface area (Å²) in [6.45, 7) is 0.959. The molecule has 1 aliphatic rings. The minimum absolute atomic E-state index is 0.959. The van der Waals surface area contributed by atoms with E-state index in [-0.39, 0.29) is 0 Å². The molecule has 1 heteroatoms. The summed E-state index contributed by atoms with van der Waals surface area (Å²) < 4.78 is 0. The van der Waals surface area contributed by atoms with Gasteiger partial charge in [0.25, 0.3) is 0 Å². The molecule has 0 bridgehead atoms. The monoisotopic (exact) mass is 163 g/mol. The highest BCUT2D eigenvalue weighted by atomic mass is 14.7. The third kappa shape index (κ3) is 4.89. The number of rotatable bonds is 0. The molecule has 0 aromatic heterocycles. The van der Waals surface area contributed by atoms with Gasteiger partial charge in [-0.25, -0.2) is 0 Å². The van der Waals surface area contributed by atoms with Crippen LogP contribution in [-0.4, -0.2) is 12.8 Å². The first-order valence-corrected chi connectivity index (χ1v) is 4.78. The molecule has 0 fully saturated rings. The van der Waals surface area contributed by atoms with Crippen molar-refractivity contribution in [2.45, 2.75) is 32.1 Å². The minimum atomic E-state index is 0.959. The van der Waals surface area contributed by atoms with Crippen LogP contribution in [0.25, 0.3) is 0 Å². The molecule has 0 spiro atoms. The van der Waals surface area contributed by atoms with Gasteiger partial charge in [-0.1, -0.05) is 24.3 Å². The maximum Gasteiger partial charge on any atom is 0.0419 e. The van der Waals surface area contributed by atoms with Crippen LogP contribution in [-0.2, 0) is 0 Å². The van der Waals surface area contributed by atoms with Gasteiger partial charge in [0.05, 0.1) is 0 Å². The van der Waals surface area contributed by atoms with Crippen LogP contribution in [0.4, 0.5) is 0 Å². The van der Waals surface area contributed by atoms with Gasteiger partial charge in [0.1, 0.15) is 0 Å². The highest BCUT2D eigenvalue weighted by Crippen LogP contribution is 1.98. The molecule has 0 unspecified atom stereocenters. The van der Waals surface area contributed by atoms with Crippen molar-refractivity contribution in [2.75, 3.05) is 6.54 Å². The second-order valence-corrected chi connectivity index (χ2v) is 2.97. The first kappa shape index (κ1) is 9.24. The second-order valence-electron chi connectivity index (χ2n) is 2.97. The van der Waals surface area contributed by atoms with Crippen molar-refractivity contribution in [3.63, 3.8) is 0 Å². The molecular weight excluding hydrogens is 146 g/mol. The average molecular weight is 163 g/mol. The molecule has 0 aromatic carbocycles. The summed E-state index contributed by atoms with van der Waals surface area (Å²) in [7, 11) is 0. The molecule has 0 saturated carbocycles. The normalized spacial score (nSPS) is 20.0. The van der Waals surface area contributed by atoms with Gasteiger partial charge in [0.2, 0.25) is 0 Å². The zero-order chi connectivity index (χ0) is 8.49. The summed E-state index contributed by atoms with van der Waals surface area (Å²) in [4.78, 5) is 4.29. The van der Waals surface area contributed by atoms with Crippen LogP contribution >= 0.6 is 0 Å². The van der Waals surface area contributed by atoms with Gasteiger partial charge in [0.15, 0.2) is 0 Å². The molecule has 1 nitrogen and oxygen atoms in total. The Hall–Kier alpha value is -0.850. The zero-order valence-electron chi connectivity index (χ0n) is 7.58. The molecule has 1 aliphatic heterocycles. The quantitative estimate of drug-likeness (QED) is 0.486. The number of hydrogen-bond acceptors (Lipinski definition) is 1. The lowest BCUT2D eigenvalue weighted by atomic mass is 10.2. The lowest BCUT2D eigenvalue weighted by Gasteiger charge is -1.92. The summed E-state index contributed by atoms with van der Waals surface area (Å²) in [5, 5.41) is 0. The Morgan fingerprint density at radius 1 is 0.667 bits per heavy atom. The Labute approximate surface area is 74.9 Å². The van der Waals surface area contributed by atoms with E-state index >= 15 is 0 Å². The fraction of sp³-hybridized carbons (Fsp3) is 0.545. The largest absolute Gasteiger partial charge is 0.297 e. The Morgan fingerprint density at radius 3 is 2.00 bits per heavy atom. The van der Waals surface area contributed by atoms with Gasteiger partial charge in [0, 0.05) is 6.54 Å². The molecule has 0 saturated heterocycles. The van der Waals surface area contributed by atoms with Crippen LogP contribution in [0.15, 0.2) is 29.3 Å². The number of allylic oxidation sites excluding steroid dienone is 3. The van der Waals surface area contributed by atoms with E-state index in [1.807, 2.05) is 6.21 Å². The van der Waals surface area contributed by atoms with Crippen molar-refractivity contribution in [3.05, 3.63) is 24.3 Å². The van der Waals surface area contributed by atoms with E-state index in [1.54, 1.807) is 0 Å². The zero-order valence-corrected chi connectivity index (χ0v) is 7.58. The highest BCUT2D eigenvalue weighted by molar-refractivity contribution is 5.57. The topological polar surface area (TPSA) is 12.4 Å². The number of hydrogen-bond donors (Lipinski definition) is 0. The summed E-state index contributed by atoms with van der Waals surface area (Å²) in [5.41, 5.74) is 0. The third-order valence-electron chi connectivity index (χ3n) is 1.85. The van der Waals surface area contributed by atoms with Gasteiger partial charge in [-0.05, 0) is 38.3 Å². The molecule has 0 amide bonds. The van der Waals surface area contributed by atoms with Gasteiger partial charge < -0.3 is 0 Å². The molecule has 0 N–H and O–H groups in total. The van der Waals surface area contributed by atoms with Crippen molar-refractivity contribution >= 4 is 6.21 Å². The smallest absolute Gasteiger partial charge is 0.0419 e. The maximum atomic E-state index is 4.29. The van der Waals surface area contributed by atoms with Crippen molar-refractivity contribution < 1.29 is 0 Å². The van der Waals surface area contributed by atoms with E-state index in [9.17, 15) is 0 Å². The van der Waals surface area contributed by atoms with Crippen LogP contribution < -0.4 is 0 Å². The van der Waals surface area contributed by atoms with Crippen molar-refractivity contribution in [2.24, 2.45) is 4.99 Å². The van der Waals surface area contributed by atoms with E-state index < -0.39 is 0 Å². The lowest BCUT2D eigenvalue weighted by Crippen LogP contribution is -1.81. The van der Waals surface area contributed by atoms with Crippen molar-refractivity contribution in [1.82, 2.24) is 0 Å². The number of aliphatic imine (C=N–C) groups is 1. The average Bonchev–Trinajstić information content (AvgIpc) is 2.05. The number of nitrogens with zero attached hydrogens (tertiary/aromatic N) is 1. The van der Waals surface area contributed by atoms with Crippen LogP contribution in [0.2, 0.25) is 0 Å². The Balaban J connectivity index is 2.30.